The van der Waals surface area contributed by atoms with Gasteiger partial charge in [-0.15, -0.1) is 0 Å². The lowest BCUT2D eigenvalue weighted by Gasteiger charge is -2.22. The predicted octanol–water partition coefficient (Wildman–Crippen LogP) is 4.23. The maximum absolute atomic E-state index is 12.8. The summed E-state index contributed by atoms with van der Waals surface area (Å²) in [6.07, 6.45) is 6.88. The zero-order valence-corrected chi connectivity index (χ0v) is 17.8. The lowest BCUT2D eigenvalue weighted by molar-refractivity contribution is 0.475. The highest BCUT2D eigenvalue weighted by Gasteiger charge is 2.28. The van der Waals surface area contributed by atoms with Gasteiger partial charge >= 0.3 is 0 Å². The average Bonchev–Trinajstić information content (AvgIpc) is 2.80. The number of hydrogen-bond donors (Lipinski definition) is 3. The van der Waals surface area contributed by atoms with Crippen molar-refractivity contribution in [1.29, 1.82) is 0 Å². The van der Waals surface area contributed by atoms with E-state index in [1.807, 2.05) is 30.4 Å². The molecule has 1 aliphatic heterocycles. The standard InChI is InChI=1S/C24H25N3O3S/c28-21-3-1-2-18(16-21)4-5-19-6-11-24(26-17-19)27-20-7-9-22(10-8-20)31(29,30)23-12-14-25-15-13-23/h1-11,16-17,23,25,28H,12-15H2,(H,26,27). The second-order valence-corrected chi connectivity index (χ2v) is 9.78. The van der Waals surface area contributed by atoms with E-state index in [1.165, 1.54) is 0 Å². The molecular formula is C24H25N3O3S. The second kappa shape index (κ2) is 9.32. The van der Waals surface area contributed by atoms with E-state index in [0.717, 1.165) is 29.9 Å². The Kier molecular flexibility index (Phi) is 6.34. The van der Waals surface area contributed by atoms with Gasteiger partial charge in [0, 0.05) is 11.9 Å². The molecule has 31 heavy (non-hydrogen) atoms. The number of hydrogen-bond acceptors (Lipinski definition) is 6. The summed E-state index contributed by atoms with van der Waals surface area (Å²) in [5.74, 6) is 0.901. The van der Waals surface area contributed by atoms with E-state index in [4.69, 9.17) is 0 Å². The van der Waals surface area contributed by atoms with Crippen LogP contribution < -0.4 is 10.6 Å². The van der Waals surface area contributed by atoms with E-state index in [0.29, 0.717) is 23.6 Å². The molecule has 4 rings (SSSR count). The van der Waals surface area contributed by atoms with Gasteiger partial charge in [0.25, 0.3) is 0 Å². The van der Waals surface area contributed by atoms with Gasteiger partial charge in [0.05, 0.1) is 10.1 Å². The van der Waals surface area contributed by atoms with E-state index >= 15 is 0 Å². The number of nitrogens with one attached hydrogen (secondary N) is 2. The first kappa shape index (κ1) is 21.1. The molecule has 1 saturated heterocycles. The van der Waals surface area contributed by atoms with Crippen LogP contribution in [0.1, 0.15) is 24.0 Å². The summed E-state index contributed by atoms with van der Waals surface area (Å²) < 4.78 is 25.6. The first-order valence-electron chi connectivity index (χ1n) is 10.3. The molecule has 1 fully saturated rings. The highest BCUT2D eigenvalue weighted by Crippen LogP contribution is 2.24. The Balaban J connectivity index is 1.40. The second-order valence-electron chi connectivity index (χ2n) is 7.55. The predicted molar refractivity (Wildman–Crippen MR) is 124 cm³/mol. The number of benzene rings is 2. The van der Waals surface area contributed by atoms with Gasteiger partial charge in [-0.2, -0.15) is 0 Å². The molecule has 3 N–H and O–H groups in total. The van der Waals surface area contributed by atoms with Crippen LogP contribution >= 0.6 is 0 Å². The Bertz CT molecular complexity index is 1150. The zero-order valence-electron chi connectivity index (χ0n) is 17.0. The zero-order chi connectivity index (χ0) is 21.7. The van der Waals surface area contributed by atoms with Crippen molar-refractivity contribution >= 4 is 33.5 Å². The van der Waals surface area contributed by atoms with Gasteiger partial charge in [-0.05, 0) is 85.6 Å². The first-order chi connectivity index (χ1) is 15.0. The molecule has 0 atom stereocenters. The van der Waals surface area contributed by atoms with Crippen LogP contribution in [0.25, 0.3) is 12.2 Å². The van der Waals surface area contributed by atoms with Gasteiger partial charge in [0.2, 0.25) is 0 Å². The van der Waals surface area contributed by atoms with E-state index in [2.05, 4.69) is 15.6 Å². The summed E-state index contributed by atoms with van der Waals surface area (Å²) in [7, 11) is -3.30. The van der Waals surface area contributed by atoms with Gasteiger partial charge in [0.15, 0.2) is 9.84 Å². The number of phenols is 1. The quantitative estimate of drug-likeness (QED) is 0.537. The van der Waals surface area contributed by atoms with Gasteiger partial charge in [-0.1, -0.05) is 24.3 Å². The molecule has 3 aromatic rings. The van der Waals surface area contributed by atoms with Crippen molar-refractivity contribution in [2.75, 3.05) is 18.4 Å². The fourth-order valence-electron chi connectivity index (χ4n) is 3.57. The molecule has 0 unspecified atom stereocenters. The Labute approximate surface area is 182 Å². The van der Waals surface area contributed by atoms with Crippen molar-refractivity contribution in [2.24, 2.45) is 0 Å². The van der Waals surface area contributed by atoms with Crippen molar-refractivity contribution in [3.63, 3.8) is 0 Å². The maximum atomic E-state index is 12.8. The first-order valence-corrected chi connectivity index (χ1v) is 11.8. The van der Waals surface area contributed by atoms with Crippen molar-refractivity contribution in [3.05, 3.63) is 78.0 Å². The molecule has 0 aliphatic carbocycles. The Morgan fingerprint density at radius 2 is 1.71 bits per heavy atom. The molecule has 0 spiro atoms. The molecular weight excluding hydrogens is 410 g/mol. The molecule has 160 valence electrons. The minimum Gasteiger partial charge on any atom is -0.508 e. The van der Waals surface area contributed by atoms with Crippen LogP contribution in [0.3, 0.4) is 0 Å². The molecule has 6 nitrogen and oxygen atoms in total. The van der Waals surface area contributed by atoms with E-state index in [9.17, 15) is 13.5 Å². The molecule has 1 aliphatic rings. The number of phenolic OH excluding ortho intramolecular Hbond substituents is 1. The molecule has 2 heterocycles. The van der Waals surface area contributed by atoms with Crippen molar-refractivity contribution in [2.45, 2.75) is 23.0 Å². The number of anilines is 2. The number of piperidine rings is 1. The Morgan fingerprint density at radius 1 is 0.968 bits per heavy atom. The average molecular weight is 436 g/mol. The highest BCUT2D eigenvalue weighted by atomic mass is 32.2. The number of pyridine rings is 1. The van der Waals surface area contributed by atoms with Gasteiger partial charge < -0.3 is 15.7 Å². The van der Waals surface area contributed by atoms with Crippen molar-refractivity contribution in [3.8, 4) is 5.75 Å². The van der Waals surface area contributed by atoms with Crippen LogP contribution in [0.4, 0.5) is 11.5 Å². The van der Waals surface area contributed by atoms with Gasteiger partial charge in [0.1, 0.15) is 11.6 Å². The lowest BCUT2D eigenvalue weighted by atomic mass is 10.1. The number of aromatic hydroxyl groups is 1. The summed E-state index contributed by atoms with van der Waals surface area (Å²) in [6, 6.07) is 17.7. The summed E-state index contributed by atoms with van der Waals surface area (Å²) >= 11 is 0. The van der Waals surface area contributed by atoms with Gasteiger partial charge in [-0.3, -0.25) is 0 Å². The SMILES string of the molecule is O=S(=O)(c1ccc(Nc2ccc(C=Cc3cccc(O)c3)cn2)cc1)C1CCNCC1. The highest BCUT2D eigenvalue weighted by molar-refractivity contribution is 7.92. The minimum absolute atomic E-state index is 0.231. The van der Waals surface area contributed by atoms with Crippen molar-refractivity contribution < 1.29 is 13.5 Å². The van der Waals surface area contributed by atoms with Gasteiger partial charge in [-0.25, -0.2) is 13.4 Å². The molecule has 0 saturated carbocycles. The van der Waals surface area contributed by atoms with E-state index in [1.54, 1.807) is 48.7 Å². The molecule has 7 heteroatoms. The third-order valence-electron chi connectivity index (χ3n) is 5.31. The molecule has 1 aromatic heterocycles. The number of aromatic nitrogens is 1. The maximum Gasteiger partial charge on any atom is 0.181 e. The largest absolute Gasteiger partial charge is 0.508 e. The Morgan fingerprint density at radius 3 is 2.39 bits per heavy atom. The summed E-state index contributed by atoms with van der Waals surface area (Å²) in [4.78, 5) is 4.78. The van der Waals surface area contributed by atoms with Crippen LogP contribution in [0.15, 0.2) is 71.8 Å². The van der Waals surface area contributed by atoms with Crippen molar-refractivity contribution in [1.82, 2.24) is 10.3 Å². The third kappa shape index (κ3) is 5.31. The van der Waals surface area contributed by atoms with E-state index in [-0.39, 0.29) is 11.0 Å². The number of nitrogens with zero attached hydrogens (tertiary/aromatic N) is 1. The molecule has 0 bridgehead atoms. The molecule has 0 amide bonds. The number of rotatable bonds is 6. The number of sulfone groups is 1. The summed E-state index contributed by atoms with van der Waals surface area (Å²) in [6.45, 7) is 1.49. The summed E-state index contributed by atoms with van der Waals surface area (Å²) in [5.41, 5.74) is 2.61. The topological polar surface area (TPSA) is 91.3 Å². The lowest BCUT2D eigenvalue weighted by Crippen LogP contribution is -2.35. The Hall–Kier alpha value is -3.16. The smallest absolute Gasteiger partial charge is 0.181 e. The fraction of sp³-hybridized carbons (Fsp3) is 0.208. The summed E-state index contributed by atoms with van der Waals surface area (Å²) in [5, 5.41) is 15.6. The monoisotopic (exact) mass is 435 g/mol. The van der Waals surface area contributed by atoms with Crippen LogP contribution in [0, 0.1) is 0 Å². The van der Waals surface area contributed by atoms with Crippen LogP contribution in [0.5, 0.6) is 5.75 Å². The minimum atomic E-state index is -3.30. The van der Waals surface area contributed by atoms with Crippen LogP contribution in [-0.2, 0) is 9.84 Å². The molecule has 0 radical (unpaired) electrons. The normalized spacial score (nSPS) is 15.2. The van der Waals surface area contributed by atoms with E-state index < -0.39 is 9.84 Å². The molecule has 2 aromatic carbocycles. The van der Waals surface area contributed by atoms with Crippen LogP contribution in [0.2, 0.25) is 0 Å². The third-order valence-corrected chi connectivity index (χ3v) is 7.58. The fourth-order valence-corrected chi connectivity index (χ4v) is 5.33. The van der Waals surface area contributed by atoms with Crippen LogP contribution in [-0.4, -0.2) is 36.8 Å².